The van der Waals surface area contributed by atoms with Crippen LogP contribution in [-0.2, 0) is 6.54 Å². The summed E-state index contributed by atoms with van der Waals surface area (Å²) in [7, 11) is 0. The van der Waals surface area contributed by atoms with Crippen molar-refractivity contribution < 1.29 is 0 Å². The summed E-state index contributed by atoms with van der Waals surface area (Å²) >= 11 is 0. The van der Waals surface area contributed by atoms with Gasteiger partial charge in [0.2, 0.25) is 0 Å². The number of hydrogen-bond acceptors (Lipinski definition) is 5. The van der Waals surface area contributed by atoms with Crippen LogP contribution in [-0.4, -0.2) is 43.7 Å². The zero-order valence-corrected chi connectivity index (χ0v) is 17.8. The minimum absolute atomic E-state index is 0.812. The molecule has 3 aromatic carbocycles. The Balaban J connectivity index is 1.34. The van der Waals surface area contributed by atoms with Gasteiger partial charge >= 0.3 is 0 Å². The lowest BCUT2D eigenvalue weighted by Gasteiger charge is -2.20. The van der Waals surface area contributed by atoms with Gasteiger partial charge in [0.1, 0.15) is 17.5 Å². The molecular weight excluding hydrogens is 396 g/mol. The first kappa shape index (κ1) is 18.8. The van der Waals surface area contributed by atoms with Crippen molar-refractivity contribution in [2.75, 3.05) is 31.1 Å². The highest BCUT2D eigenvalue weighted by atomic mass is 15.2. The number of benzene rings is 3. The van der Waals surface area contributed by atoms with E-state index in [0.29, 0.717) is 0 Å². The van der Waals surface area contributed by atoms with Crippen molar-refractivity contribution in [2.24, 2.45) is 15.0 Å². The molecule has 0 amide bonds. The maximum atomic E-state index is 5.07. The van der Waals surface area contributed by atoms with Crippen molar-refractivity contribution in [1.29, 1.82) is 0 Å². The first-order chi connectivity index (χ1) is 15.8. The van der Waals surface area contributed by atoms with E-state index in [2.05, 4.69) is 98.3 Å². The highest BCUT2D eigenvalue weighted by Crippen LogP contribution is 2.31. The van der Waals surface area contributed by atoms with Gasteiger partial charge in [-0.1, -0.05) is 24.3 Å². The molecule has 0 unspecified atom stereocenters. The largest absolute Gasteiger partial charge is 0.368 e. The van der Waals surface area contributed by atoms with Crippen LogP contribution in [0.25, 0.3) is 0 Å². The summed E-state index contributed by atoms with van der Waals surface area (Å²) in [6, 6.07) is 25.4. The number of amidine groups is 3. The van der Waals surface area contributed by atoms with Gasteiger partial charge in [0.25, 0.3) is 0 Å². The molecule has 0 saturated carbocycles. The Bertz CT molecular complexity index is 1240. The first-order valence-corrected chi connectivity index (χ1v) is 11.1. The van der Waals surface area contributed by atoms with Crippen molar-refractivity contribution in [1.82, 2.24) is 10.6 Å². The van der Waals surface area contributed by atoms with Crippen molar-refractivity contribution in [3.05, 3.63) is 95.1 Å². The molecule has 0 saturated heterocycles. The molecule has 158 valence electrons. The Labute approximate surface area is 187 Å². The third kappa shape index (κ3) is 3.43. The summed E-state index contributed by atoms with van der Waals surface area (Å²) in [6.07, 6.45) is 0. The minimum atomic E-state index is 0.812. The van der Waals surface area contributed by atoms with Crippen molar-refractivity contribution in [3.63, 3.8) is 0 Å². The van der Waals surface area contributed by atoms with Crippen LogP contribution in [0.1, 0.15) is 22.3 Å². The zero-order chi connectivity index (χ0) is 21.3. The number of fused-ring (bicyclic) bond motifs is 1. The van der Waals surface area contributed by atoms with E-state index in [1.54, 1.807) is 0 Å². The van der Waals surface area contributed by atoms with Crippen LogP contribution in [0.5, 0.6) is 0 Å². The van der Waals surface area contributed by atoms with Crippen LogP contribution in [0.2, 0.25) is 0 Å². The van der Waals surface area contributed by atoms with Crippen LogP contribution >= 0.6 is 0 Å². The van der Waals surface area contributed by atoms with Crippen molar-refractivity contribution in [2.45, 2.75) is 6.54 Å². The van der Waals surface area contributed by atoms with Gasteiger partial charge < -0.3 is 15.5 Å². The Hall–Kier alpha value is -3.93. The van der Waals surface area contributed by atoms with E-state index in [4.69, 9.17) is 4.99 Å². The number of hydrogen-bond donors (Lipinski definition) is 2. The van der Waals surface area contributed by atoms with Crippen LogP contribution < -0.4 is 15.5 Å². The summed E-state index contributed by atoms with van der Waals surface area (Å²) in [5, 5.41) is 6.67. The molecule has 3 aliphatic heterocycles. The average Bonchev–Trinajstić information content (AvgIpc) is 3.62. The normalized spacial score (nSPS) is 18.2. The number of anilines is 1. The number of nitrogens with zero attached hydrogens (tertiary/aromatic N) is 4. The third-order valence-corrected chi connectivity index (χ3v) is 6.02. The van der Waals surface area contributed by atoms with Gasteiger partial charge in [-0.2, -0.15) is 0 Å². The SMILES string of the molecule is c1ccc2c(c1)CN(c1ccc(C3=NCCN3)cc1)C2=Nc1ccc(C2=NCCN2)cc1. The van der Waals surface area contributed by atoms with Gasteiger partial charge in [0, 0.05) is 35.5 Å². The Morgan fingerprint density at radius 1 is 0.719 bits per heavy atom. The lowest BCUT2D eigenvalue weighted by molar-refractivity contribution is 0.960. The standard InChI is InChI=1S/C26H24N6/c1-2-4-23-20(3-1)17-32(22-11-7-19(8-12-22)25-29-15-16-30-25)26(23)31-21-9-5-18(6-10-21)24-27-13-14-28-24/h1-12H,13-17H2,(H,27,28)(H,29,30). The zero-order valence-electron chi connectivity index (χ0n) is 17.8. The highest BCUT2D eigenvalue weighted by molar-refractivity contribution is 6.14. The maximum Gasteiger partial charge on any atom is 0.141 e. The second-order valence-electron chi connectivity index (χ2n) is 8.09. The number of nitrogens with one attached hydrogen (secondary N) is 2. The van der Waals surface area contributed by atoms with Gasteiger partial charge in [-0.15, -0.1) is 0 Å². The molecule has 0 aliphatic carbocycles. The summed E-state index contributed by atoms with van der Waals surface area (Å²) < 4.78 is 0. The fourth-order valence-corrected chi connectivity index (χ4v) is 4.40. The summed E-state index contributed by atoms with van der Waals surface area (Å²) in [6.45, 7) is 4.32. The van der Waals surface area contributed by atoms with E-state index < -0.39 is 0 Å². The molecule has 3 aromatic rings. The molecule has 0 bridgehead atoms. The van der Waals surface area contributed by atoms with E-state index in [1.807, 2.05) is 0 Å². The van der Waals surface area contributed by atoms with Crippen LogP contribution in [0.4, 0.5) is 11.4 Å². The smallest absolute Gasteiger partial charge is 0.141 e. The molecule has 3 aliphatic rings. The topological polar surface area (TPSA) is 64.4 Å². The van der Waals surface area contributed by atoms with Crippen molar-refractivity contribution >= 4 is 28.9 Å². The molecule has 6 rings (SSSR count). The molecule has 6 heteroatoms. The predicted octanol–water partition coefficient (Wildman–Crippen LogP) is 3.48. The fourth-order valence-electron chi connectivity index (χ4n) is 4.40. The minimum Gasteiger partial charge on any atom is -0.368 e. The lowest BCUT2D eigenvalue weighted by atomic mass is 10.1. The number of aliphatic imine (C=N–C) groups is 3. The highest BCUT2D eigenvalue weighted by Gasteiger charge is 2.26. The van der Waals surface area contributed by atoms with Crippen LogP contribution in [0.3, 0.4) is 0 Å². The molecule has 6 nitrogen and oxygen atoms in total. The van der Waals surface area contributed by atoms with Gasteiger partial charge in [-0.05, 0) is 54.1 Å². The summed E-state index contributed by atoms with van der Waals surface area (Å²) in [5.41, 5.74) is 6.77. The van der Waals surface area contributed by atoms with E-state index in [-0.39, 0.29) is 0 Å². The van der Waals surface area contributed by atoms with E-state index in [1.165, 1.54) is 11.1 Å². The van der Waals surface area contributed by atoms with E-state index in [9.17, 15) is 0 Å². The maximum absolute atomic E-state index is 5.07. The average molecular weight is 421 g/mol. The quantitative estimate of drug-likeness (QED) is 0.679. The van der Waals surface area contributed by atoms with Gasteiger partial charge in [0.05, 0.1) is 25.3 Å². The Morgan fingerprint density at radius 2 is 1.34 bits per heavy atom. The van der Waals surface area contributed by atoms with E-state index >= 15 is 0 Å². The lowest BCUT2D eigenvalue weighted by Crippen LogP contribution is -2.24. The molecule has 3 heterocycles. The molecule has 32 heavy (non-hydrogen) atoms. The first-order valence-electron chi connectivity index (χ1n) is 11.1. The second kappa shape index (κ2) is 7.96. The van der Waals surface area contributed by atoms with E-state index in [0.717, 1.165) is 72.7 Å². The van der Waals surface area contributed by atoms with Crippen LogP contribution in [0, 0.1) is 0 Å². The third-order valence-electron chi connectivity index (χ3n) is 6.02. The van der Waals surface area contributed by atoms with Crippen molar-refractivity contribution in [3.8, 4) is 0 Å². The monoisotopic (exact) mass is 420 g/mol. The van der Waals surface area contributed by atoms with Crippen LogP contribution in [0.15, 0.2) is 87.8 Å². The predicted molar refractivity (Wildman–Crippen MR) is 131 cm³/mol. The summed E-state index contributed by atoms with van der Waals surface area (Å²) in [5.74, 6) is 2.93. The van der Waals surface area contributed by atoms with Gasteiger partial charge in [0.15, 0.2) is 0 Å². The molecule has 0 spiro atoms. The second-order valence-corrected chi connectivity index (χ2v) is 8.09. The number of rotatable bonds is 4. The fraction of sp³-hybridized carbons (Fsp3) is 0.192. The molecule has 0 atom stereocenters. The van der Waals surface area contributed by atoms with Gasteiger partial charge in [-0.3, -0.25) is 9.98 Å². The Kier molecular flexibility index (Phi) is 4.68. The Morgan fingerprint density at radius 3 is 1.97 bits per heavy atom. The molecule has 2 N–H and O–H groups in total. The molecule has 0 radical (unpaired) electrons. The molecular formula is C26H24N6. The van der Waals surface area contributed by atoms with Gasteiger partial charge in [-0.25, -0.2) is 4.99 Å². The summed E-state index contributed by atoms with van der Waals surface area (Å²) in [4.78, 5) is 16.4. The molecule has 0 aromatic heterocycles. The molecule has 0 fully saturated rings.